The SMILES string of the molecule is CCC(CN)NC(=O)c1ccc2c(c1)OCCO2. The van der Waals surface area contributed by atoms with E-state index in [1.165, 1.54) is 0 Å². The van der Waals surface area contributed by atoms with Crippen molar-refractivity contribution in [2.24, 2.45) is 5.73 Å². The minimum atomic E-state index is -0.135. The van der Waals surface area contributed by atoms with Crippen molar-refractivity contribution in [2.45, 2.75) is 19.4 Å². The summed E-state index contributed by atoms with van der Waals surface area (Å²) in [6.45, 7) is 3.48. The molecule has 1 atom stereocenters. The summed E-state index contributed by atoms with van der Waals surface area (Å²) < 4.78 is 10.8. The van der Waals surface area contributed by atoms with Gasteiger partial charge in [-0.25, -0.2) is 0 Å². The third-order valence-electron chi connectivity index (χ3n) is 2.92. The Labute approximate surface area is 106 Å². The Morgan fingerprint density at radius 2 is 2.11 bits per heavy atom. The summed E-state index contributed by atoms with van der Waals surface area (Å²) in [4.78, 5) is 12.0. The zero-order chi connectivity index (χ0) is 13.0. The molecule has 3 N–H and O–H groups in total. The van der Waals surface area contributed by atoms with E-state index in [4.69, 9.17) is 15.2 Å². The second-order valence-corrected chi connectivity index (χ2v) is 4.17. The Morgan fingerprint density at radius 3 is 2.78 bits per heavy atom. The number of fused-ring (bicyclic) bond motifs is 1. The predicted molar refractivity (Wildman–Crippen MR) is 68.0 cm³/mol. The number of nitrogens with two attached hydrogens (primary N) is 1. The molecule has 0 spiro atoms. The van der Waals surface area contributed by atoms with Crippen molar-refractivity contribution in [2.75, 3.05) is 19.8 Å². The molecule has 0 radical (unpaired) electrons. The lowest BCUT2D eigenvalue weighted by Crippen LogP contribution is -2.39. The highest BCUT2D eigenvalue weighted by Gasteiger charge is 2.16. The number of nitrogens with one attached hydrogen (secondary N) is 1. The number of rotatable bonds is 4. The topological polar surface area (TPSA) is 73.6 Å². The molecule has 1 heterocycles. The van der Waals surface area contributed by atoms with Crippen molar-refractivity contribution in [1.29, 1.82) is 0 Å². The van der Waals surface area contributed by atoms with Crippen LogP contribution in [0.15, 0.2) is 18.2 Å². The lowest BCUT2D eigenvalue weighted by atomic mass is 10.1. The molecule has 1 aliphatic heterocycles. The smallest absolute Gasteiger partial charge is 0.251 e. The second kappa shape index (κ2) is 5.73. The van der Waals surface area contributed by atoms with Crippen molar-refractivity contribution in [3.05, 3.63) is 23.8 Å². The number of carbonyl (C=O) groups excluding carboxylic acids is 1. The van der Waals surface area contributed by atoms with Gasteiger partial charge in [0.2, 0.25) is 0 Å². The number of ether oxygens (including phenoxy) is 2. The van der Waals surface area contributed by atoms with Gasteiger partial charge in [0.15, 0.2) is 11.5 Å². The molecule has 1 aromatic carbocycles. The molecule has 0 saturated heterocycles. The number of benzene rings is 1. The molecule has 18 heavy (non-hydrogen) atoms. The molecule has 1 aliphatic rings. The number of amides is 1. The zero-order valence-electron chi connectivity index (χ0n) is 10.4. The fourth-order valence-electron chi connectivity index (χ4n) is 1.78. The monoisotopic (exact) mass is 250 g/mol. The molecular formula is C13H18N2O3. The van der Waals surface area contributed by atoms with Crippen LogP contribution in [0.25, 0.3) is 0 Å². The maximum absolute atomic E-state index is 12.0. The predicted octanol–water partition coefficient (Wildman–Crippen LogP) is 0.925. The van der Waals surface area contributed by atoms with Gasteiger partial charge < -0.3 is 20.5 Å². The molecule has 2 rings (SSSR count). The molecule has 0 fully saturated rings. The van der Waals surface area contributed by atoms with Crippen molar-refractivity contribution >= 4 is 5.91 Å². The molecule has 1 aromatic rings. The van der Waals surface area contributed by atoms with E-state index < -0.39 is 0 Å². The summed E-state index contributed by atoms with van der Waals surface area (Å²) in [5.41, 5.74) is 6.12. The second-order valence-electron chi connectivity index (χ2n) is 4.17. The Hall–Kier alpha value is -1.75. The van der Waals surface area contributed by atoms with Crippen LogP contribution in [-0.2, 0) is 0 Å². The molecule has 5 heteroatoms. The molecule has 0 bridgehead atoms. The average molecular weight is 250 g/mol. The van der Waals surface area contributed by atoms with Crippen LogP contribution in [0.2, 0.25) is 0 Å². The van der Waals surface area contributed by atoms with E-state index in [0.29, 0.717) is 36.8 Å². The Balaban J connectivity index is 2.11. The molecule has 0 aliphatic carbocycles. The summed E-state index contributed by atoms with van der Waals surface area (Å²) in [6.07, 6.45) is 0.812. The summed E-state index contributed by atoms with van der Waals surface area (Å²) in [5, 5.41) is 2.88. The van der Waals surface area contributed by atoms with E-state index in [1.807, 2.05) is 6.92 Å². The minimum Gasteiger partial charge on any atom is -0.486 e. The summed E-state index contributed by atoms with van der Waals surface area (Å²) in [7, 11) is 0. The maximum atomic E-state index is 12.0. The van der Waals surface area contributed by atoms with Crippen molar-refractivity contribution in [1.82, 2.24) is 5.32 Å². The van der Waals surface area contributed by atoms with Crippen LogP contribution in [0.5, 0.6) is 11.5 Å². The average Bonchev–Trinajstić information content (AvgIpc) is 2.44. The van der Waals surface area contributed by atoms with Gasteiger partial charge in [-0.05, 0) is 24.6 Å². The van der Waals surface area contributed by atoms with Crippen LogP contribution in [-0.4, -0.2) is 31.7 Å². The number of hydrogen-bond acceptors (Lipinski definition) is 4. The Morgan fingerprint density at radius 1 is 1.39 bits per heavy atom. The standard InChI is InChI=1S/C13H18N2O3/c1-2-10(8-14)15-13(16)9-3-4-11-12(7-9)18-6-5-17-11/h3-4,7,10H,2,5-6,8,14H2,1H3,(H,15,16). The van der Waals surface area contributed by atoms with Crippen LogP contribution in [0.3, 0.4) is 0 Å². The van der Waals surface area contributed by atoms with Crippen LogP contribution in [0.1, 0.15) is 23.7 Å². The Kier molecular flexibility index (Phi) is 4.04. The number of hydrogen-bond donors (Lipinski definition) is 2. The molecule has 1 amide bonds. The molecular weight excluding hydrogens is 232 g/mol. The first-order valence-electron chi connectivity index (χ1n) is 6.15. The molecule has 1 unspecified atom stereocenters. The highest BCUT2D eigenvalue weighted by atomic mass is 16.6. The van der Waals surface area contributed by atoms with Crippen LogP contribution >= 0.6 is 0 Å². The van der Waals surface area contributed by atoms with Gasteiger partial charge in [0, 0.05) is 18.2 Å². The highest BCUT2D eigenvalue weighted by Crippen LogP contribution is 2.30. The van der Waals surface area contributed by atoms with Gasteiger partial charge in [-0.3, -0.25) is 4.79 Å². The molecule has 98 valence electrons. The van der Waals surface area contributed by atoms with Crippen LogP contribution in [0, 0.1) is 0 Å². The van der Waals surface area contributed by atoms with Crippen molar-refractivity contribution in [3.63, 3.8) is 0 Å². The van der Waals surface area contributed by atoms with Gasteiger partial charge in [0.25, 0.3) is 5.91 Å². The van der Waals surface area contributed by atoms with E-state index in [-0.39, 0.29) is 11.9 Å². The third-order valence-corrected chi connectivity index (χ3v) is 2.92. The van der Waals surface area contributed by atoms with Crippen LogP contribution in [0.4, 0.5) is 0 Å². The van der Waals surface area contributed by atoms with Gasteiger partial charge in [-0.15, -0.1) is 0 Å². The fourth-order valence-corrected chi connectivity index (χ4v) is 1.78. The van der Waals surface area contributed by atoms with Crippen molar-refractivity contribution < 1.29 is 14.3 Å². The van der Waals surface area contributed by atoms with E-state index in [9.17, 15) is 4.79 Å². The largest absolute Gasteiger partial charge is 0.486 e. The number of carbonyl (C=O) groups is 1. The van der Waals surface area contributed by atoms with Gasteiger partial charge in [-0.2, -0.15) is 0 Å². The van der Waals surface area contributed by atoms with Crippen molar-refractivity contribution in [3.8, 4) is 11.5 Å². The first kappa shape index (κ1) is 12.7. The molecule has 0 saturated carbocycles. The lowest BCUT2D eigenvalue weighted by molar-refractivity contribution is 0.0936. The summed E-state index contributed by atoms with van der Waals surface area (Å²) in [6, 6.07) is 5.19. The van der Waals surface area contributed by atoms with Gasteiger partial charge >= 0.3 is 0 Å². The third kappa shape index (κ3) is 2.73. The van der Waals surface area contributed by atoms with E-state index >= 15 is 0 Å². The maximum Gasteiger partial charge on any atom is 0.251 e. The van der Waals surface area contributed by atoms with E-state index in [1.54, 1.807) is 18.2 Å². The van der Waals surface area contributed by atoms with E-state index in [2.05, 4.69) is 5.32 Å². The Bertz CT molecular complexity index is 430. The fraction of sp³-hybridized carbons (Fsp3) is 0.462. The molecule has 5 nitrogen and oxygen atoms in total. The van der Waals surface area contributed by atoms with Gasteiger partial charge in [0.05, 0.1) is 0 Å². The first-order chi connectivity index (χ1) is 8.74. The first-order valence-corrected chi connectivity index (χ1v) is 6.15. The normalized spacial score (nSPS) is 15.0. The quantitative estimate of drug-likeness (QED) is 0.833. The zero-order valence-corrected chi connectivity index (χ0v) is 10.4. The van der Waals surface area contributed by atoms with Crippen LogP contribution < -0.4 is 20.5 Å². The van der Waals surface area contributed by atoms with Gasteiger partial charge in [0.1, 0.15) is 13.2 Å². The minimum absolute atomic E-state index is 0.00528. The lowest BCUT2D eigenvalue weighted by Gasteiger charge is -2.19. The molecule has 0 aromatic heterocycles. The highest BCUT2D eigenvalue weighted by molar-refractivity contribution is 5.95. The van der Waals surface area contributed by atoms with E-state index in [0.717, 1.165) is 6.42 Å². The summed E-state index contributed by atoms with van der Waals surface area (Å²) in [5.74, 6) is 1.17. The summed E-state index contributed by atoms with van der Waals surface area (Å²) >= 11 is 0. The van der Waals surface area contributed by atoms with Gasteiger partial charge in [-0.1, -0.05) is 6.92 Å².